The van der Waals surface area contributed by atoms with Gasteiger partial charge in [0.25, 0.3) is 0 Å². The average Bonchev–Trinajstić information content (AvgIpc) is 2.72. The zero-order valence-corrected chi connectivity index (χ0v) is 11.3. The van der Waals surface area contributed by atoms with Gasteiger partial charge in [0, 0.05) is 37.6 Å². The van der Waals surface area contributed by atoms with Gasteiger partial charge in [0.15, 0.2) is 6.29 Å². The molecule has 2 aromatic heterocycles. The van der Waals surface area contributed by atoms with Crippen molar-refractivity contribution >= 4 is 33.5 Å². The van der Waals surface area contributed by atoms with Crippen molar-refractivity contribution in [3.8, 4) is 0 Å². The summed E-state index contributed by atoms with van der Waals surface area (Å²) < 4.78 is 0. The van der Waals surface area contributed by atoms with E-state index in [0.29, 0.717) is 0 Å². The molecule has 0 radical (unpaired) electrons. The number of hydrogen-bond donors (Lipinski definition) is 1. The second kappa shape index (κ2) is 4.33. The number of aromatic nitrogens is 1. The standard InChI is InChI=1S/C13H15N3OS/c1-14-12-9-5-8-6-16(2)4-3-10(8)15-13(9)18-11(12)7-17/h5,7,14H,3-4,6H2,1-2H3. The Kier molecular flexibility index (Phi) is 2.80. The number of thiophene rings is 1. The Morgan fingerprint density at radius 3 is 3.11 bits per heavy atom. The minimum absolute atomic E-state index is 0.732. The van der Waals surface area contributed by atoms with E-state index in [-0.39, 0.29) is 0 Å². The molecule has 5 heteroatoms. The zero-order chi connectivity index (χ0) is 12.7. The molecule has 0 fully saturated rings. The van der Waals surface area contributed by atoms with Crippen LogP contribution in [0.4, 0.5) is 5.69 Å². The molecule has 1 aliphatic heterocycles. The Bertz CT molecular complexity index is 620. The molecule has 0 spiro atoms. The zero-order valence-electron chi connectivity index (χ0n) is 10.5. The second-order valence-electron chi connectivity index (χ2n) is 4.64. The molecule has 0 unspecified atom stereocenters. The fraction of sp³-hybridized carbons (Fsp3) is 0.385. The fourth-order valence-corrected chi connectivity index (χ4v) is 3.48. The molecular weight excluding hydrogens is 246 g/mol. The summed E-state index contributed by atoms with van der Waals surface area (Å²) in [5.74, 6) is 0. The van der Waals surface area contributed by atoms with Crippen molar-refractivity contribution in [1.29, 1.82) is 0 Å². The number of carbonyl (C=O) groups is 1. The van der Waals surface area contributed by atoms with Crippen LogP contribution in [-0.4, -0.2) is 36.8 Å². The van der Waals surface area contributed by atoms with Gasteiger partial charge in [0.05, 0.1) is 10.6 Å². The number of pyridine rings is 1. The molecule has 0 aromatic carbocycles. The minimum Gasteiger partial charge on any atom is -0.386 e. The lowest BCUT2D eigenvalue weighted by atomic mass is 10.0. The highest BCUT2D eigenvalue weighted by Gasteiger charge is 2.19. The Morgan fingerprint density at radius 2 is 2.39 bits per heavy atom. The van der Waals surface area contributed by atoms with Gasteiger partial charge in [0.2, 0.25) is 0 Å². The van der Waals surface area contributed by atoms with E-state index in [2.05, 4.69) is 23.3 Å². The molecule has 0 amide bonds. The highest BCUT2D eigenvalue weighted by molar-refractivity contribution is 7.20. The molecule has 3 rings (SSSR count). The van der Waals surface area contributed by atoms with Crippen molar-refractivity contribution in [2.45, 2.75) is 13.0 Å². The number of likely N-dealkylation sites (N-methyl/N-ethyl adjacent to an activating group) is 1. The highest BCUT2D eigenvalue weighted by Crippen LogP contribution is 2.35. The molecule has 94 valence electrons. The average molecular weight is 261 g/mol. The van der Waals surface area contributed by atoms with Crippen molar-refractivity contribution in [2.24, 2.45) is 0 Å². The van der Waals surface area contributed by atoms with Gasteiger partial charge in [-0.15, -0.1) is 11.3 Å². The molecule has 18 heavy (non-hydrogen) atoms. The first kappa shape index (κ1) is 11.6. The fourth-order valence-electron chi connectivity index (χ4n) is 2.48. The number of anilines is 1. The molecular formula is C13H15N3OS. The van der Waals surface area contributed by atoms with Gasteiger partial charge in [-0.2, -0.15) is 0 Å². The summed E-state index contributed by atoms with van der Waals surface area (Å²) in [7, 11) is 3.97. The molecule has 0 atom stereocenters. The van der Waals surface area contributed by atoms with E-state index in [4.69, 9.17) is 4.98 Å². The van der Waals surface area contributed by atoms with E-state index in [0.717, 1.165) is 46.6 Å². The third kappa shape index (κ3) is 1.71. The number of rotatable bonds is 2. The van der Waals surface area contributed by atoms with Crippen LogP contribution in [0.3, 0.4) is 0 Å². The number of aldehydes is 1. The Labute approximate surface area is 110 Å². The minimum atomic E-state index is 0.732. The number of fused-ring (bicyclic) bond motifs is 2. The molecule has 4 nitrogen and oxygen atoms in total. The van der Waals surface area contributed by atoms with Crippen LogP contribution in [0.2, 0.25) is 0 Å². The summed E-state index contributed by atoms with van der Waals surface area (Å²) in [5.41, 5.74) is 3.37. The topological polar surface area (TPSA) is 45.2 Å². The third-order valence-electron chi connectivity index (χ3n) is 3.41. The lowest BCUT2D eigenvalue weighted by Crippen LogP contribution is -2.27. The van der Waals surface area contributed by atoms with Crippen LogP contribution in [0, 0.1) is 0 Å². The molecule has 0 saturated carbocycles. The monoisotopic (exact) mass is 261 g/mol. The first-order valence-corrected chi connectivity index (χ1v) is 6.81. The predicted octanol–water partition coefficient (Wildman–Crippen LogP) is 2.14. The van der Waals surface area contributed by atoms with Crippen LogP contribution in [0.5, 0.6) is 0 Å². The first-order valence-electron chi connectivity index (χ1n) is 5.99. The predicted molar refractivity (Wildman–Crippen MR) is 74.6 cm³/mol. The summed E-state index contributed by atoms with van der Waals surface area (Å²) in [4.78, 5) is 19.8. The van der Waals surface area contributed by atoms with Gasteiger partial charge in [-0.25, -0.2) is 4.98 Å². The van der Waals surface area contributed by atoms with Crippen LogP contribution in [0.25, 0.3) is 10.2 Å². The highest BCUT2D eigenvalue weighted by atomic mass is 32.1. The number of hydrogen-bond acceptors (Lipinski definition) is 5. The van der Waals surface area contributed by atoms with Crippen LogP contribution < -0.4 is 5.32 Å². The van der Waals surface area contributed by atoms with Crippen LogP contribution >= 0.6 is 11.3 Å². The van der Waals surface area contributed by atoms with Gasteiger partial charge < -0.3 is 10.2 Å². The summed E-state index contributed by atoms with van der Waals surface area (Å²) in [6, 6.07) is 2.18. The number of carbonyl (C=O) groups excluding carboxylic acids is 1. The van der Waals surface area contributed by atoms with Crippen molar-refractivity contribution in [2.75, 3.05) is 26.0 Å². The van der Waals surface area contributed by atoms with E-state index >= 15 is 0 Å². The largest absolute Gasteiger partial charge is 0.386 e. The number of nitrogens with zero attached hydrogens (tertiary/aromatic N) is 2. The quantitative estimate of drug-likeness (QED) is 0.841. The smallest absolute Gasteiger partial charge is 0.162 e. The van der Waals surface area contributed by atoms with Gasteiger partial charge >= 0.3 is 0 Å². The Balaban J connectivity index is 2.23. The van der Waals surface area contributed by atoms with Crippen LogP contribution in [0.15, 0.2) is 6.07 Å². The lowest BCUT2D eigenvalue weighted by molar-refractivity contribution is 0.112. The third-order valence-corrected chi connectivity index (χ3v) is 4.43. The van der Waals surface area contributed by atoms with Crippen molar-refractivity contribution in [3.05, 3.63) is 22.2 Å². The summed E-state index contributed by atoms with van der Waals surface area (Å²) >= 11 is 1.47. The van der Waals surface area contributed by atoms with E-state index in [1.807, 2.05) is 7.05 Å². The van der Waals surface area contributed by atoms with Gasteiger partial charge in [-0.1, -0.05) is 0 Å². The van der Waals surface area contributed by atoms with E-state index in [1.165, 1.54) is 22.6 Å². The maximum absolute atomic E-state index is 11.1. The molecule has 0 saturated heterocycles. The first-order chi connectivity index (χ1) is 8.72. The van der Waals surface area contributed by atoms with Gasteiger partial charge in [-0.3, -0.25) is 4.79 Å². The number of nitrogens with one attached hydrogen (secondary N) is 1. The normalized spacial score (nSPS) is 15.7. The van der Waals surface area contributed by atoms with Gasteiger partial charge in [0.1, 0.15) is 4.83 Å². The Hall–Kier alpha value is -1.46. The summed E-state index contributed by atoms with van der Waals surface area (Å²) in [5, 5.41) is 4.18. The second-order valence-corrected chi connectivity index (χ2v) is 5.67. The lowest BCUT2D eigenvalue weighted by Gasteiger charge is -2.24. The van der Waals surface area contributed by atoms with Crippen LogP contribution in [0.1, 0.15) is 20.9 Å². The van der Waals surface area contributed by atoms with E-state index in [9.17, 15) is 4.79 Å². The molecule has 1 N–H and O–H groups in total. The molecule has 3 heterocycles. The molecule has 0 aliphatic carbocycles. The van der Waals surface area contributed by atoms with E-state index < -0.39 is 0 Å². The molecule has 1 aliphatic rings. The van der Waals surface area contributed by atoms with Crippen molar-refractivity contribution in [3.63, 3.8) is 0 Å². The van der Waals surface area contributed by atoms with Crippen LogP contribution in [-0.2, 0) is 13.0 Å². The van der Waals surface area contributed by atoms with Crippen molar-refractivity contribution in [1.82, 2.24) is 9.88 Å². The van der Waals surface area contributed by atoms with Gasteiger partial charge in [-0.05, 0) is 18.7 Å². The maximum Gasteiger partial charge on any atom is 0.162 e. The van der Waals surface area contributed by atoms with Crippen molar-refractivity contribution < 1.29 is 4.79 Å². The summed E-state index contributed by atoms with van der Waals surface area (Å²) in [6.07, 6.45) is 1.90. The maximum atomic E-state index is 11.1. The SMILES string of the molecule is CNc1c(C=O)sc2nc3c(cc12)CN(C)CC3. The molecule has 0 bridgehead atoms. The summed E-state index contributed by atoms with van der Waals surface area (Å²) in [6.45, 7) is 1.99. The molecule has 2 aromatic rings. The Morgan fingerprint density at radius 1 is 1.56 bits per heavy atom. The van der Waals surface area contributed by atoms with E-state index in [1.54, 1.807) is 0 Å².